The molecule has 0 aliphatic carbocycles. The second-order valence-corrected chi connectivity index (χ2v) is 10.5. The number of aromatic nitrogens is 2. The first kappa shape index (κ1) is 35.0. The Balaban J connectivity index is 0.00000253. The van der Waals surface area contributed by atoms with Crippen LogP contribution in [0.3, 0.4) is 0 Å². The van der Waals surface area contributed by atoms with Gasteiger partial charge in [0.1, 0.15) is 18.2 Å². The van der Waals surface area contributed by atoms with Gasteiger partial charge in [-0.2, -0.15) is 0 Å². The van der Waals surface area contributed by atoms with Crippen LogP contribution in [0.15, 0.2) is 42.5 Å². The fraction of sp³-hybridized carbons (Fsp3) is 0.517. The number of para-hydroxylation sites is 1. The molecule has 0 spiro atoms. The summed E-state index contributed by atoms with van der Waals surface area (Å²) in [6.07, 6.45) is 5.66. The van der Waals surface area contributed by atoms with Crippen LogP contribution >= 0.6 is 36.4 Å². The van der Waals surface area contributed by atoms with Crippen LogP contribution < -0.4 is 10.1 Å². The highest BCUT2D eigenvalue weighted by molar-refractivity contribution is 6.30. The molecule has 3 N–H and O–H groups in total. The van der Waals surface area contributed by atoms with Gasteiger partial charge in [0.05, 0.1) is 11.0 Å². The number of hydrogen-bond donors (Lipinski definition) is 1. The molecule has 0 radical (unpaired) electrons. The van der Waals surface area contributed by atoms with E-state index in [0.29, 0.717) is 24.2 Å². The molecular formula is C29H43Cl3N4O3. The zero-order valence-electron chi connectivity index (χ0n) is 23.1. The number of benzene rings is 2. The van der Waals surface area contributed by atoms with E-state index in [-0.39, 0.29) is 42.1 Å². The quantitative estimate of drug-likeness (QED) is 0.273. The molecule has 2 heterocycles. The van der Waals surface area contributed by atoms with Crippen molar-refractivity contribution >= 4 is 53.4 Å². The maximum atomic E-state index is 12.8. The molecule has 4 rings (SSSR count). The van der Waals surface area contributed by atoms with Crippen molar-refractivity contribution in [2.45, 2.75) is 72.1 Å². The van der Waals surface area contributed by atoms with E-state index in [9.17, 15) is 4.79 Å². The van der Waals surface area contributed by atoms with Gasteiger partial charge in [0, 0.05) is 36.6 Å². The average molecular weight is 602 g/mol. The summed E-state index contributed by atoms with van der Waals surface area (Å²) in [6.45, 7) is 10.4. The van der Waals surface area contributed by atoms with E-state index in [1.165, 1.54) is 25.8 Å². The third kappa shape index (κ3) is 9.54. The first-order chi connectivity index (χ1) is 17.4. The number of piperidine rings is 1. The van der Waals surface area contributed by atoms with Gasteiger partial charge in [0.25, 0.3) is 0 Å². The minimum absolute atomic E-state index is 0. The SMILES string of the molecule is Cc1cccc2c1nc(COc1ccc(Cl)cc1)n2CCC(C)C(=O)NCCCN1CCCCC1C.Cl.Cl.O. The zero-order chi connectivity index (χ0) is 25.5. The van der Waals surface area contributed by atoms with E-state index in [1.807, 2.05) is 31.2 Å². The first-order valence-electron chi connectivity index (χ1n) is 13.3. The zero-order valence-corrected chi connectivity index (χ0v) is 25.5. The molecule has 1 aliphatic heterocycles. The summed E-state index contributed by atoms with van der Waals surface area (Å²) in [5.41, 5.74) is 3.19. The maximum Gasteiger partial charge on any atom is 0.222 e. The molecule has 1 saturated heterocycles. The molecule has 1 aromatic heterocycles. The number of imidazole rings is 1. The highest BCUT2D eigenvalue weighted by Gasteiger charge is 2.19. The predicted octanol–water partition coefficient (Wildman–Crippen LogP) is 6.00. The second-order valence-electron chi connectivity index (χ2n) is 10.1. The molecule has 1 amide bonds. The van der Waals surface area contributed by atoms with Gasteiger partial charge in [0.15, 0.2) is 0 Å². The van der Waals surface area contributed by atoms with Crippen LogP contribution in [-0.2, 0) is 17.9 Å². The van der Waals surface area contributed by atoms with E-state index < -0.39 is 0 Å². The largest absolute Gasteiger partial charge is 0.486 e. The number of carbonyl (C=O) groups excluding carboxylic acids is 1. The van der Waals surface area contributed by atoms with Crippen molar-refractivity contribution in [3.8, 4) is 5.75 Å². The number of nitrogens with zero attached hydrogens (tertiary/aromatic N) is 3. The lowest BCUT2D eigenvalue weighted by atomic mass is 10.0. The van der Waals surface area contributed by atoms with E-state index in [0.717, 1.165) is 54.1 Å². The number of aryl methyl sites for hydroxylation is 2. The van der Waals surface area contributed by atoms with Crippen molar-refractivity contribution in [2.24, 2.45) is 5.92 Å². The lowest BCUT2D eigenvalue weighted by Gasteiger charge is -2.33. The van der Waals surface area contributed by atoms with Crippen molar-refractivity contribution in [3.05, 3.63) is 58.9 Å². The topological polar surface area (TPSA) is 90.9 Å². The average Bonchev–Trinajstić information content (AvgIpc) is 3.24. The predicted molar refractivity (Wildman–Crippen MR) is 165 cm³/mol. The number of fused-ring (bicyclic) bond motifs is 1. The molecule has 1 aliphatic rings. The monoisotopic (exact) mass is 600 g/mol. The molecule has 1 fully saturated rings. The molecule has 10 heteroatoms. The normalized spacial score (nSPS) is 15.9. The van der Waals surface area contributed by atoms with Crippen LogP contribution in [0.4, 0.5) is 0 Å². The van der Waals surface area contributed by atoms with Crippen molar-refractivity contribution in [2.75, 3.05) is 19.6 Å². The Bertz CT molecular complexity index is 1160. The van der Waals surface area contributed by atoms with Gasteiger partial charge in [0.2, 0.25) is 5.91 Å². The minimum atomic E-state index is -0.0776. The van der Waals surface area contributed by atoms with Gasteiger partial charge in [-0.1, -0.05) is 37.1 Å². The lowest BCUT2D eigenvalue weighted by Crippen LogP contribution is -2.39. The fourth-order valence-electron chi connectivity index (χ4n) is 4.99. The van der Waals surface area contributed by atoms with Crippen molar-refractivity contribution in [1.82, 2.24) is 19.8 Å². The number of halogens is 3. The number of nitrogens with one attached hydrogen (secondary N) is 1. The summed E-state index contributed by atoms with van der Waals surface area (Å²) in [6, 6.07) is 14.2. The molecule has 2 atom stereocenters. The van der Waals surface area contributed by atoms with E-state index in [1.54, 1.807) is 0 Å². The molecule has 0 bridgehead atoms. The molecule has 2 aromatic carbocycles. The number of carbonyl (C=O) groups is 1. The fourth-order valence-corrected chi connectivity index (χ4v) is 5.11. The third-order valence-corrected chi connectivity index (χ3v) is 7.59. The standard InChI is InChI=1S/C29H39ClN4O2.2ClH.H2O/c1-21-8-6-10-26-28(21)32-27(20-36-25-13-11-24(30)12-14-25)34(26)19-15-22(2)29(35)31-16-7-18-33-17-5-4-9-23(33)3;;;/h6,8,10-14,22-23H,4-5,7,9,15-20H2,1-3H3,(H,31,35);2*1H;1H2. The van der Waals surface area contributed by atoms with Gasteiger partial charge in [-0.05, 0) is 82.0 Å². The number of likely N-dealkylation sites (tertiary alicyclic amines) is 1. The Morgan fingerprint density at radius 1 is 1.15 bits per heavy atom. The summed E-state index contributed by atoms with van der Waals surface area (Å²) >= 11 is 6.00. The maximum absolute atomic E-state index is 12.8. The van der Waals surface area contributed by atoms with Crippen LogP contribution in [0.5, 0.6) is 5.75 Å². The summed E-state index contributed by atoms with van der Waals surface area (Å²) in [7, 11) is 0. The summed E-state index contributed by atoms with van der Waals surface area (Å²) in [5, 5.41) is 3.83. The molecule has 39 heavy (non-hydrogen) atoms. The number of rotatable bonds is 11. The lowest BCUT2D eigenvalue weighted by molar-refractivity contribution is -0.124. The summed E-state index contributed by atoms with van der Waals surface area (Å²) < 4.78 is 8.20. The Kier molecular flexibility index (Phi) is 15.2. The van der Waals surface area contributed by atoms with E-state index in [2.05, 4.69) is 46.8 Å². The summed E-state index contributed by atoms with van der Waals surface area (Å²) in [4.78, 5) is 20.2. The molecule has 3 aromatic rings. The molecular weight excluding hydrogens is 559 g/mol. The number of ether oxygens (including phenoxy) is 1. The van der Waals surface area contributed by atoms with Gasteiger partial charge in [-0.3, -0.25) is 4.79 Å². The van der Waals surface area contributed by atoms with Gasteiger partial charge >= 0.3 is 0 Å². The van der Waals surface area contributed by atoms with Gasteiger partial charge < -0.3 is 25.0 Å². The van der Waals surface area contributed by atoms with Crippen LogP contribution in [0.2, 0.25) is 5.02 Å². The highest BCUT2D eigenvalue weighted by Crippen LogP contribution is 2.23. The van der Waals surface area contributed by atoms with E-state index >= 15 is 0 Å². The van der Waals surface area contributed by atoms with Crippen molar-refractivity contribution in [3.63, 3.8) is 0 Å². The van der Waals surface area contributed by atoms with Crippen molar-refractivity contribution < 1.29 is 15.0 Å². The smallest absolute Gasteiger partial charge is 0.222 e. The Hall–Kier alpha value is -2.03. The third-order valence-electron chi connectivity index (χ3n) is 7.34. The Morgan fingerprint density at radius 3 is 2.62 bits per heavy atom. The molecule has 7 nitrogen and oxygen atoms in total. The molecule has 2 unspecified atom stereocenters. The number of amides is 1. The number of hydrogen-bond acceptors (Lipinski definition) is 4. The highest BCUT2D eigenvalue weighted by atomic mass is 35.5. The van der Waals surface area contributed by atoms with Crippen LogP contribution in [0, 0.1) is 12.8 Å². The first-order valence-corrected chi connectivity index (χ1v) is 13.6. The Morgan fingerprint density at radius 2 is 1.90 bits per heavy atom. The van der Waals surface area contributed by atoms with Crippen LogP contribution in [0.1, 0.15) is 57.3 Å². The summed E-state index contributed by atoms with van der Waals surface area (Å²) in [5.74, 6) is 1.66. The van der Waals surface area contributed by atoms with Crippen LogP contribution in [0.25, 0.3) is 11.0 Å². The Labute approximate surface area is 249 Å². The van der Waals surface area contributed by atoms with Gasteiger partial charge in [-0.15, -0.1) is 24.8 Å². The van der Waals surface area contributed by atoms with Gasteiger partial charge in [-0.25, -0.2) is 4.98 Å². The molecule has 0 saturated carbocycles. The van der Waals surface area contributed by atoms with Crippen LogP contribution in [-0.4, -0.2) is 51.5 Å². The second kappa shape index (κ2) is 16.9. The van der Waals surface area contributed by atoms with Crippen molar-refractivity contribution in [1.29, 1.82) is 0 Å². The van der Waals surface area contributed by atoms with E-state index in [4.69, 9.17) is 21.3 Å². The minimum Gasteiger partial charge on any atom is -0.486 e. The molecule has 218 valence electrons.